The van der Waals surface area contributed by atoms with Gasteiger partial charge in [0.1, 0.15) is 5.82 Å². The maximum Gasteiger partial charge on any atom is 0.256 e. The van der Waals surface area contributed by atoms with Crippen molar-refractivity contribution in [2.45, 2.75) is 64.1 Å². The third kappa shape index (κ3) is 5.80. The molecule has 0 aliphatic carbocycles. The number of aromatic nitrogens is 1. The molecule has 0 radical (unpaired) electrons. The van der Waals surface area contributed by atoms with Crippen LogP contribution in [0.2, 0.25) is 0 Å². The summed E-state index contributed by atoms with van der Waals surface area (Å²) in [6, 6.07) is 11.2. The number of carbonyl (C=O) groups excluding carboxylic acids is 1. The molecule has 4 rings (SSSR count). The van der Waals surface area contributed by atoms with E-state index in [-0.39, 0.29) is 17.6 Å². The Bertz CT molecular complexity index is 1210. The summed E-state index contributed by atoms with van der Waals surface area (Å²) in [6.07, 6.45) is 4.64. The number of methoxy groups -OCH3 is 1. The van der Waals surface area contributed by atoms with Crippen LogP contribution in [0.1, 0.15) is 66.1 Å². The molecule has 194 valence electrons. The maximum atomic E-state index is 14.5. The molecule has 1 saturated heterocycles. The van der Waals surface area contributed by atoms with E-state index in [9.17, 15) is 14.3 Å². The number of hydrogen-bond acceptors (Lipinski definition) is 4. The van der Waals surface area contributed by atoms with E-state index in [4.69, 9.17) is 10.5 Å². The van der Waals surface area contributed by atoms with Crippen LogP contribution >= 0.6 is 0 Å². The van der Waals surface area contributed by atoms with E-state index in [0.29, 0.717) is 69.6 Å². The first-order valence-corrected chi connectivity index (χ1v) is 12.8. The molecular weight excluding hydrogens is 457 g/mol. The highest BCUT2D eigenvalue weighted by Crippen LogP contribution is 2.33. The Morgan fingerprint density at radius 3 is 2.64 bits per heavy atom. The number of ether oxygens (including phenoxy) is 1. The summed E-state index contributed by atoms with van der Waals surface area (Å²) in [4.78, 5) is 15.7. The van der Waals surface area contributed by atoms with Gasteiger partial charge in [-0.3, -0.25) is 4.79 Å². The van der Waals surface area contributed by atoms with Gasteiger partial charge in [0.2, 0.25) is 0 Å². The lowest BCUT2D eigenvalue weighted by Gasteiger charge is -2.32. The molecule has 1 amide bonds. The van der Waals surface area contributed by atoms with Gasteiger partial charge in [0.15, 0.2) is 0 Å². The predicted octanol–water partition coefficient (Wildman–Crippen LogP) is 4.61. The summed E-state index contributed by atoms with van der Waals surface area (Å²) in [5.74, 6) is -0.123. The molecule has 0 atom stereocenters. The number of nitrogens with two attached hydrogens (primary N) is 1. The Morgan fingerprint density at radius 2 is 1.97 bits per heavy atom. The fourth-order valence-electron chi connectivity index (χ4n) is 5.21. The van der Waals surface area contributed by atoms with Crippen LogP contribution in [-0.4, -0.2) is 52.9 Å². The average molecular weight is 496 g/mol. The third-order valence-electron chi connectivity index (χ3n) is 7.28. The van der Waals surface area contributed by atoms with E-state index in [1.807, 2.05) is 35.4 Å². The molecule has 36 heavy (non-hydrogen) atoms. The van der Waals surface area contributed by atoms with E-state index in [1.54, 1.807) is 27.0 Å². The molecule has 0 spiro atoms. The second-order valence-electron chi connectivity index (χ2n) is 10.5. The topological polar surface area (TPSA) is 80.7 Å². The number of rotatable bonds is 9. The highest BCUT2D eigenvalue weighted by molar-refractivity contribution is 6.08. The summed E-state index contributed by atoms with van der Waals surface area (Å²) < 4.78 is 21.9. The van der Waals surface area contributed by atoms with Crippen LogP contribution in [0, 0.1) is 5.82 Å². The smallest absolute Gasteiger partial charge is 0.256 e. The Hall–Kier alpha value is -2.74. The first kappa shape index (κ1) is 26.3. The summed E-state index contributed by atoms with van der Waals surface area (Å²) in [5.41, 5.74) is 9.34. The van der Waals surface area contributed by atoms with Gasteiger partial charge in [0.25, 0.3) is 5.91 Å². The fourth-order valence-corrected chi connectivity index (χ4v) is 5.21. The van der Waals surface area contributed by atoms with E-state index < -0.39 is 5.60 Å². The first-order valence-electron chi connectivity index (χ1n) is 12.8. The van der Waals surface area contributed by atoms with Gasteiger partial charge >= 0.3 is 0 Å². The van der Waals surface area contributed by atoms with E-state index in [2.05, 4.69) is 4.57 Å². The molecule has 2 aromatic carbocycles. The number of carbonyl (C=O) groups is 1. The van der Waals surface area contributed by atoms with Crippen LogP contribution < -0.4 is 5.73 Å². The molecule has 1 aromatic heterocycles. The standard InChI is InChI=1S/C29H38FN3O3/c1-29(2,35)12-9-22-5-4-6-26-27(22)24(19-33(26)15-16-36-3)28(34)32-13-10-21(11-14-32)23-17-20(18-31)7-8-25(23)30/h4-8,17,19,21,35H,9-16,18,31H2,1-3H3. The molecule has 1 fully saturated rings. The lowest BCUT2D eigenvalue weighted by atomic mass is 9.88. The van der Waals surface area contributed by atoms with Gasteiger partial charge in [-0.2, -0.15) is 0 Å². The predicted molar refractivity (Wildman–Crippen MR) is 141 cm³/mol. The molecule has 7 heteroatoms. The quantitative estimate of drug-likeness (QED) is 0.454. The molecule has 3 N–H and O–H groups in total. The van der Waals surface area contributed by atoms with Gasteiger partial charge in [-0.15, -0.1) is 0 Å². The van der Waals surface area contributed by atoms with Crippen molar-refractivity contribution in [1.29, 1.82) is 0 Å². The van der Waals surface area contributed by atoms with Crippen molar-refractivity contribution in [3.8, 4) is 0 Å². The number of likely N-dealkylation sites (tertiary alicyclic amines) is 1. The van der Waals surface area contributed by atoms with E-state index in [1.165, 1.54) is 6.07 Å². The molecule has 1 aliphatic heterocycles. The van der Waals surface area contributed by atoms with Crippen molar-refractivity contribution in [3.05, 3.63) is 70.7 Å². The Morgan fingerprint density at radius 1 is 1.22 bits per heavy atom. The maximum absolute atomic E-state index is 14.5. The highest BCUT2D eigenvalue weighted by Gasteiger charge is 2.29. The zero-order chi connectivity index (χ0) is 25.9. The molecule has 1 aliphatic rings. The number of piperidine rings is 1. The first-order chi connectivity index (χ1) is 17.2. The number of benzene rings is 2. The minimum Gasteiger partial charge on any atom is -0.390 e. The van der Waals surface area contributed by atoms with Crippen LogP contribution in [0.5, 0.6) is 0 Å². The lowest BCUT2D eigenvalue weighted by Crippen LogP contribution is -2.38. The van der Waals surface area contributed by atoms with Crippen molar-refractivity contribution in [2.24, 2.45) is 5.73 Å². The van der Waals surface area contributed by atoms with Crippen LogP contribution in [0.4, 0.5) is 4.39 Å². The normalized spacial score (nSPS) is 15.1. The van der Waals surface area contributed by atoms with Crippen molar-refractivity contribution in [2.75, 3.05) is 26.8 Å². The van der Waals surface area contributed by atoms with Gasteiger partial charge in [-0.25, -0.2) is 4.39 Å². The lowest BCUT2D eigenvalue weighted by molar-refractivity contribution is 0.0712. The van der Waals surface area contributed by atoms with Crippen molar-refractivity contribution in [3.63, 3.8) is 0 Å². The third-order valence-corrected chi connectivity index (χ3v) is 7.28. The molecule has 3 aromatic rings. The minimum absolute atomic E-state index is 0.00139. The van der Waals surface area contributed by atoms with Crippen LogP contribution in [0.3, 0.4) is 0 Å². The summed E-state index contributed by atoms with van der Waals surface area (Å²) in [6.45, 7) is 6.34. The zero-order valence-electron chi connectivity index (χ0n) is 21.6. The molecule has 0 unspecified atom stereocenters. The molecular formula is C29H38FN3O3. The van der Waals surface area contributed by atoms with Gasteiger partial charge < -0.3 is 25.0 Å². The molecule has 0 saturated carbocycles. The van der Waals surface area contributed by atoms with Crippen LogP contribution in [-0.2, 0) is 24.2 Å². The SMILES string of the molecule is COCCn1cc(C(=O)N2CCC(c3cc(CN)ccc3F)CC2)c2c(CCC(C)(C)O)cccc21. The van der Waals surface area contributed by atoms with Gasteiger partial charge in [-0.1, -0.05) is 24.3 Å². The fraction of sp³-hybridized carbons (Fsp3) is 0.483. The summed E-state index contributed by atoms with van der Waals surface area (Å²) in [5, 5.41) is 11.2. The zero-order valence-corrected chi connectivity index (χ0v) is 21.6. The number of aryl methyl sites for hydroxylation is 1. The molecule has 2 heterocycles. The second-order valence-corrected chi connectivity index (χ2v) is 10.5. The highest BCUT2D eigenvalue weighted by atomic mass is 19.1. The number of halogens is 1. The molecule has 0 bridgehead atoms. The average Bonchev–Trinajstić information content (AvgIpc) is 3.25. The molecule has 6 nitrogen and oxygen atoms in total. The second kappa shape index (κ2) is 11.1. The summed E-state index contributed by atoms with van der Waals surface area (Å²) >= 11 is 0. The van der Waals surface area contributed by atoms with Crippen LogP contribution in [0.25, 0.3) is 10.9 Å². The number of hydrogen-bond donors (Lipinski definition) is 2. The largest absolute Gasteiger partial charge is 0.390 e. The number of amides is 1. The Kier molecular flexibility index (Phi) is 8.13. The number of nitrogens with zero attached hydrogens (tertiary/aromatic N) is 2. The monoisotopic (exact) mass is 495 g/mol. The van der Waals surface area contributed by atoms with Crippen LogP contribution in [0.15, 0.2) is 42.6 Å². The van der Waals surface area contributed by atoms with Gasteiger partial charge in [0.05, 0.1) is 17.8 Å². The van der Waals surface area contributed by atoms with Gasteiger partial charge in [0, 0.05) is 50.4 Å². The van der Waals surface area contributed by atoms with Gasteiger partial charge in [-0.05, 0) is 74.3 Å². The number of fused-ring (bicyclic) bond motifs is 1. The number of aliphatic hydroxyl groups is 1. The minimum atomic E-state index is -0.788. The van der Waals surface area contributed by atoms with Crippen molar-refractivity contribution >= 4 is 16.8 Å². The van der Waals surface area contributed by atoms with E-state index in [0.717, 1.165) is 22.0 Å². The van der Waals surface area contributed by atoms with E-state index >= 15 is 0 Å². The Balaban J connectivity index is 1.59. The summed E-state index contributed by atoms with van der Waals surface area (Å²) in [7, 11) is 1.67. The Labute approximate surface area is 212 Å². The van der Waals surface area contributed by atoms with Crippen molar-refractivity contribution < 1.29 is 19.0 Å². The van der Waals surface area contributed by atoms with Crippen molar-refractivity contribution in [1.82, 2.24) is 9.47 Å².